The summed E-state index contributed by atoms with van der Waals surface area (Å²) < 4.78 is 4.92. The lowest BCUT2D eigenvalue weighted by Gasteiger charge is -2.06. The fourth-order valence-corrected chi connectivity index (χ4v) is 1.52. The maximum absolute atomic E-state index is 11.8. The molecule has 1 heterocycles. The van der Waals surface area contributed by atoms with Crippen LogP contribution in [0, 0.1) is 6.92 Å². The number of carbonyl (C=O) groups is 1. The predicted molar refractivity (Wildman–Crippen MR) is 62.2 cm³/mol. The van der Waals surface area contributed by atoms with Crippen molar-refractivity contribution >= 4 is 5.91 Å². The summed E-state index contributed by atoms with van der Waals surface area (Å²) in [5.41, 5.74) is 0.554. The van der Waals surface area contributed by atoms with Gasteiger partial charge in [0.25, 0.3) is 5.91 Å². The number of phenolic OH excluding ortho intramolecular Hbond substituents is 2. The van der Waals surface area contributed by atoms with E-state index in [9.17, 15) is 15.0 Å². The van der Waals surface area contributed by atoms with Crippen LogP contribution in [0.2, 0.25) is 0 Å². The Morgan fingerprint density at radius 1 is 1.39 bits per heavy atom. The van der Waals surface area contributed by atoms with Crippen LogP contribution in [0.1, 0.15) is 21.8 Å². The molecular weight excluding hydrogens is 236 g/mol. The lowest BCUT2D eigenvalue weighted by atomic mass is 10.1. The first kappa shape index (κ1) is 12.0. The van der Waals surface area contributed by atoms with Gasteiger partial charge in [-0.1, -0.05) is 11.2 Å². The number of aryl methyl sites for hydroxylation is 1. The molecule has 0 unspecified atom stereocenters. The summed E-state index contributed by atoms with van der Waals surface area (Å²) in [6.45, 7) is 1.90. The molecule has 0 saturated heterocycles. The Hall–Kier alpha value is -2.50. The maximum Gasteiger partial charge on any atom is 0.259 e. The SMILES string of the molecule is Cc1cc(CNC(=O)c2c(O)cccc2O)on1. The zero-order chi connectivity index (χ0) is 13.1. The first-order valence-corrected chi connectivity index (χ1v) is 5.29. The predicted octanol–water partition coefficient (Wildman–Crippen LogP) is 1.32. The van der Waals surface area contributed by atoms with Crippen molar-refractivity contribution < 1.29 is 19.5 Å². The minimum absolute atomic E-state index is 0.132. The van der Waals surface area contributed by atoms with E-state index in [0.29, 0.717) is 11.5 Å². The van der Waals surface area contributed by atoms with E-state index >= 15 is 0 Å². The molecule has 1 aromatic carbocycles. The van der Waals surface area contributed by atoms with Gasteiger partial charge in [-0.15, -0.1) is 0 Å². The normalized spacial score (nSPS) is 10.3. The van der Waals surface area contributed by atoms with Crippen LogP contribution in [-0.4, -0.2) is 21.3 Å². The number of phenols is 2. The molecule has 0 atom stereocenters. The molecule has 94 valence electrons. The minimum Gasteiger partial charge on any atom is -0.507 e. The molecule has 2 rings (SSSR count). The second kappa shape index (κ2) is 4.79. The maximum atomic E-state index is 11.8. The Kier molecular flexibility index (Phi) is 3.18. The topological polar surface area (TPSA) is 95.6 Å². The van der Waals surface area contributed by atoms with E-state index < -0.39 is 5.91 Å². The number of nitrogens with zero attached hydrogens (tertiary/aromatic N) is 1. The van der Waals surface area contributed by atoms with Crippen LogP contribution in [0.25, 0.3) is 0 Å². The Morgan fingerprint density at radius 3 is 2.61 bits per heavy atom. The number of aromatic nitrogens is 1. The van der Waals surface area contributed by atoms with Gasteiger partial charge in [-0.3, -0.25) is 4.79 Å². The van der Waals surface area contributed by atoms with Crippen LogP contribution in [0.15, 0.2) is 28.8 Å². The van der Waals surface area contributed by atoms with Gasteiger partial charge in [0.15, 0.2) is 5.76 Å². The lowest BCUT2D eigenvalue weighted by molar-refractivity contribution is 0.0941. The third-order valence-electron chi connectivity index (χ3n) is 2.35. The Morgan fingerprint density at radius 2 is 2.06 bits per heavy atom. The second-order valence-electron chi connectivity index (χ2n) is 3.79. The second-order valence-corrected chi connectivity index (χ2v) is 3.79. The van der Waals surface area contributed by atoms with Crippen molar-refractivity contribution in [2.75, 3.05) is 0 Å². The molecule has 0 fully saturated rings. The zero-order valence-corrected chi connectivity index (χ0v) is 9.67. The molecule has 0 aliphatic carbocycles. The van der Waals surface area contributed by atoms with Crippen molar-refractivity contribution in [2.24, 2.45) is 0 Å². The molecule has 18 heavy (non-hydrogen) atoms. The number of nitrogens with one attached hydrogen (secondary N) is 1. The van der Waals surface area contributed by atoms with E-state index in [0.717, 1.165) is 0 Å². The molecule has 0 bridgehead atoms. The van der Waals surface area contributed by atoms with E-state index in [4.69, 9.17) is 4.52 Å². The highest BCUT2D eigenvalue weighted by Crippen LogP contribution is 2.25. The van der Waals surface area contributed by atoms with Gasteiger partial charge in [0.2, 0.25) is 0 Å². The van der Waals surface area contributed by atoms with Gasteiger partial charge in [-0.2, -0.15) is 0 Å². The molecule has 1 amide bonds. The van der Waals surface area contributed by atoms with Gasteiger partial charge in [0, 0.05) is 6.07 Å². The van der Waals surface area contributed by atoms with E-state index in [1.807, 2.05) is 0 Å². The quantitative estimate of drug-likeness (QED) is 0.761. The number of benzene rings is 1. The van der Waals surface area contributed by atoms with Crippen LogP contribution in [-0.2, 0) is 6.54 Å². The number of carbonyl (C=O) groups excluding carboxylic acids is 1. The van der Waals surface area contributed by atoms with E-state index in [1.165, 1.54) is 18.2 Å². The monoisotopic (exact) mass is 248 g/mol. The molecule has 6 heteroatoms. The molecule has 6 nitrogen and oxygen atoms in total. The van der Waals surface area contributed by atoms with Crippen molar-refractivity contribution in [3.8, 4) is 11.5 Å². The Bertz CT molecular complexity index is 557. The molecule has 3 N–H and O–H groups in total. The van der Waals surface area contributed by atoms with Gasteiger partial charge in [-0.05, 0) is 19.1 Å². The summed E-state index contributed by atoms with van der Waals surface area (Å²) >= 11 is 0. The Balaban J connectivity index is 2.08. The molecule has 0 radical (unpaired) electrons. The highest BCUT2D eigenvalue weighted by atomic mass is 16.5. The summed E-state index contributed by atoms with van der Waals surface area (Å²) in [6.07, 6.45) is 0. The van der Waals surface area contributed by atoms with Crippen LogP contribution in [0.3, 0.4) is 0 Å². The van der Waals surface area contributed by atoms with Gasteiger partial charge in [-0.25, -0.2) is 0 Å². The van der Waals surface area contributed by atoms with Gasteiger partial charge in [0.05, 0.1) is 12.2 Å². The lowest BCUT2D eigenvalue weighted by Crippen LogP contribution is -2.22. The number of hydrogen-bond donors (Lipinski definition) is 3. The van der Waals surface area contributed by atoms with Crippen molar-refractivity contribution in [3.63, 3.8) is 0 Å². The smallest absolute Gasteiger partial charge is 0.259 e. The highest BCUT2D eigenvalue weighted by Gasteiger charge is 2.16. The van der Waals surface area contributed by atoms with Crippen LogP contribution in [0.5, 0.6) is 11.5 Å². The summed E-state index contributed by atoms with van der Waals surface area (Å²) in [7, 11) is 0. The molecule has 0 spiro atoms. The third kappa shape index (κ3) is 2.42. The fourth-order valence-electron chi connectivity index (χ4n) is 1.52. The van der Waals surface area contributed by atoms with Crippen molar-refractivity contribution in [2.45, 2.75) is 13.5 Å². The number of aromatic hydroxyl groups is 2. The molecular formula is C12H12N2O4. The van der Waals surface area contributed by atoms with Crippen molar-refractivity contribution in [1.82, 2.24) is 10.5 Å². The van der Waals surface area contributed by atoms with E-state index in [1.54, 1.807) is 13.0 Å². The molecule has 2 aromatic rings. The average Bonchev–Trinajstić information content (AvgIpc) is 2.72. The van der Waals surface area contributed by atoms with Crippen LogP contribution < -0.4 is 5.32 Å². The van der Waals surface area contributed by atoms with E-state index in [2.05, 4.69) is 10.5 Å². The fraction of sp³-hybridized carbons (Fsp3) is 0.167. The molecule has 0 aliphatic heterocycles. The molecule has 0 saturated carbocycles. The van der Waals surface area contributed by atoms with Crippen LogP contribution in [0.4, 0.5) is 0 Å². The number of hydrogen-bond acceptors (Lipinski definition) is 5. The Labute approximate surface area is 103 Å². The molecule has 0 aliphatic rings. The summed E-state index contributed by atoms with van der Waals surface area (Å²) in [4.78, 5) is 11.8. The van der Waals surface area contributed by atoms with E-state index in [-0.39, 0.29) is 23.6 Å². The average molecular weight is 248 g/mol. The summed E-state index contributed by atoms with van der Waals surface area (Å²) in [6, 6.07) is 5.78. The van der Waals surface area contributed by atoms with Crippen molar-refractivity contribution in [3.05, 3.63) is 41.3 Å². The third-order valence-corrected chi connectivity index (χ3v) is 2.35. The first-order valence-electron chi connectivity index (χ1n) is 5.29. The standard InChI is InChI=1S/C12H12N2O4/c1-7-5-8(18-14-7)6-13-12(17)11-9(15)3-2-4-10(11)16/h2-5,15-16H,6H2,1H3,(H,13,17). The summed E-state index contributed by atoms with van der Waals surface area (Å²) in [5.74, 6) is -0.641. The highest BCUT2D eigenvalue weighted by molar-refractivity contribution is 5.99. The van der Waals surface area contributed by atoms with Crippen LogP contribution >= 0.6 is 0 Å². The largest absolute Gasteiger partial charge is 0.507 e. The zero-order valence-electron chi connectivity index (χ0n) is 9.67. The van der Waals surface area contributed by atoms with Gasteiger partial charge >= 0.3 is 0 Å². The van der Waals surface area contributed by atoms with Gasteiger partial charge < -0.3 is 20.1 Å². The first-order chi connectivity index (χ1) is 8.58. The number of amides is 1. The minimum atomic E-state index is -0.584. The molecule has 1 aromatic heterocycles. The van der Waals surface area contributed by atoms with Gasteiger partial charge in [0.1, 0.15) is 17.1 Å². The summed E-state index contributed by atoms with van der Waals surface area (Å²) in [5, 5.41) is 25.2. The van der Waals surface area contributed by atoms with Crippen molar-refractivity contribution in [1.29, 1.82) is 0 Å². The number of rotatable bonds is 3.